The van der Waals surface area contributed by atoms with E-state index in [9.17, 15) is 0 Å². The van der Waals surface area contributed by atoms with Crippen LogP contribution >= 0.6 is 0 Å². The van der Waals surface area contributed by atoms with Crippen molar-refractivity contribution in [1.29, 1.82) is 0 Å². The minimum Gasteiger partial charge on any atom is -0.475 e. The molecule has 0 fully saturated rings. The predicted octanol–water partition coefficient (Wildman–Crippen LogP) is 3.16. The van der Waals surface area contributed by atoms with Gasteiger partial charge in [-0.2, -0.15) is 0 Å². The van der Waals surface area contributed by atoms with Gasteiger partial charge in [0.1, 0.15) is 6.61 Å². The summed E-state index contributed by atoms with van der Waals surface area (Å²) in [6.45, 7) is 3.79. The lowest BCUT2D eigenvalue weighted by molar-refractivity contribution is 0.108. The van der Waals surface area contributed by atoms with Gasteiger partial charge in [-0.15, -0.1) is 0 Å². The molecule has 1 heterocycles. The van der Waals surface area contributed by atoms with Crippen molar-refractivity contribution in [2.24, 2.45) is 0 Å². The second-order valence-corrected chi connectivity index (χ2v) is 3.77. The SMILES string of the molecule is CCOCCOc1cccc(-c2ccccc2)n1. The first-order chi connectivity index (χ1) is 8.90. The van der Waals surface area contributed by atoms with E-state index in [1.54, 1.807) is 0 Å². The second-order valence-electron chi connectivity index (χ2n) is 3.77. The molecule has 0 aliphatic heterocycles. The van der Waals surface area contributed by atoms with Crippen molar-refractivity contribution in [2.75, 3.05) is 19.8 Å². The van der Waals surface area contributed by atoms with Gasteiger partial charge in [0.05, 0.1) is 12.3 Å². The van der Waals surface area contributed by atoms with Crippen molar-refractivity contribution in [1.82, 2.24) is 4.98 Å². The van der Waals surface area contributed by atoms with Gasteiger partial charge in [0.15, 0.2) is 0 Å². The Morgan fingerprint density at radius 2 is 1.78 bits per heavy atom. The number of nitrogens with zero attached hydrogens (tertiary/aromatic N) is 1. The van der Waals surface area contributed by atoms with Gasteiger partial charge >= 0.3 is 0 Å². The molecule has 2 aromatic rings. The Labute approximate surface area is 107 Å². The highest BCUT2D eigenvalue weighted by Gasteiger charge is 2.00. The molecule has 18 heavy (non-hydrogen) atoms. The molecular weight excluding hydrogens is 226 g/mol. The van der Waals surface area contributed by atoms with E-state index in [0.29, 0.717) is 25.7 Å². The van der Waals surface area contributed by atoms with Crippen LogP contribution in [0.15, 0.2) is 48.5 Å². The van der Waals surface area contributed by atoms with Crippen LogP contribution in [0.1, 0.15) is 6.92 Å². The van der Waals surface area contributed by atoms with Crippen LogP contribution in [0.4, 0.5) is 0 Å². The summed E-state index contributed by atoms with van der Waals surface area (Å²) in [6.07, 6.45) is 0. The fourth-order valence-corrected chi connectivity index (χ4v) is 1.61. The van der Waals surface area contributed by atoms with E-state index in [1.165, 1.54) is 0 Å². The molecule has 0 amide bonds. The summed E-state index contributed by atoms with van der Waals surface area (Å²) in [4.78, 5) is 4.46. The maximum atomic E-state index is 5.53. The zero-order valence-electron chi connectivity index (χ0n) is 10.5. The maximum absolute atomic E-state index is 5.53. The molecule has 94 valence electrons. The minimum atomic E-state index is 0.527. The molecule has 0 spiro atoms. The number of pyridine rings is 1. The monoisotopic (exact) mass is 243 g/mol. The van der Waals surface area contributed by atoms with Crippen LogP contribution in [0.2, 0.25) is 0 Å². The van der Waals surface area contributed by atoms with E-state index in [-0.39, 0.29) is 0 Å². The lowest BCUT2D eigenvalue weighted by Crippen LogP contribution is -2.07. The van der Waals surface area contributed by atoms with Gasteiger partial charge in [-0.25, -0.2) is 4.98 Å². The van der Waals surface area contributed by atoms with Crippen LogP contribution in [-0.4, -0.2) is 24.8 Å². The van der Waals surface area contributed by atoms with Crippen LogP contribution in [0.25, 0.3) is 11.3 Å². The number of ether oxygens (including phenoxy) is 2. The largest absolute Gasteiger partial charge is 0.475 e. The van der Waals surface area contributed by atoms with Crippen molar-refractivity contribution in [3.05, 3.63) is 48.5 Å². The Balaban J connectivity index is 2.02. The van der Waals surface area contributed by atoms with Crippen molar-refractivity contribution in [3.8, 4) is 17.1 Å². The van der Waals surface area contributed by atoms with Crippen LogP contribution in [0, 0.1) is 0 Å². The Kier molecular flexibility index (Phi) is 4.73. The Bertz CT molecular complexity index is 471. The number of benzene rings is 1. The molecule has 0 atom stereocenters. The summed E-state index contributed by atoms with van der Waals surface area (Å²) in [5.74, 6) is 0.635. The van der Waals surface area contributed by atoms with Gasteiger partial charge in [-0.05, 0) is 13.0 Å². The van der Waals surface area contributed by atoms with E-state index in [2.05, 4.69) is 4.98 Å². The molecule has 0 saturated heterocycles. The van der Waals surface area contributed by atoms with Crippen LogP contribution in [0.3, 0.4) is 0 Å². The van der Waals surface area contributed by atoms with E-state index in [4.69, 9.17) is 9.47 Å². The van der Waals surface area contributed by atoms with Crippen molar-refractivity contribution in [3.63, 3.8) is 0 Å². The molecule has 0 aliphatic carbocycles. The summed E-state index contributed by atoms with van der Waals surface area (Å²) in [7, 11) is 0. The lowest BCUT2D eigenvalue weighted by Gasteiger charge is -2.07. The molecule has 0 saturated carbocycles. The molecule has 0 unspecified atom stereocenters. The molecule has 1 aromatic carbocycles. The summed E-state index contributed by atoms with van der Waals surface area (Å²) in [5, 5.41) is 0. The van der Waals surface area contributed by atoms with Crippen LogP contribution in [-0.2, 0) is 4.74 Å². The first-order valence-corrected chi connectivity index (χ1v) is 6.13. The summed E-state index contributed by atoms with van der Waals surface area (Å²) in [5.41, 5.74) is 2.01. The summed E-state index contributed by atoms with van der Waals surface area (Å²) >= 11 is 0. The Morgan fingerprint density at radius 3 is 2.56 bits per heavy atom. The molecule has 3 heteroatoms. The van der Waals surface area contributed by atoms with Crippen LogP contribution < -0.4 is 4.74 Å². The van der Waals surface area contributed by atoms with E-state index in [0.717, 1.165) is 11.3 Å². The summed E-state index contributed by atoms with van der Waals surface area (Å²) in [6, 6.07) is 15.8. The molecule has 0 radical (unpaired) electrons. The molecule has 3 nitrogen and oxygen atoms in total. The first-order valence-electron chi connectivity index (χ1n) is 6.13. The van der Waals surface area contributed by atoms with Crippen molar-refractivity contribution >= 4 is 0 Å². The first kappa shape index (κ1) is 12.6. The van der Waals surface area contributed by atoms with E-state index < -0.39 is 0 Å². The van der Waals surface area contributed by atoms with Gasteiger partial charge in [0.25, 0.3) is 0 Å². The highest BCUT2D eigenvalue weighted by Crippen LogP contribution is 2.19. The number of hydrogen-bond acceptors (Lipinski definition) is 3. The van der Waals surface area contributed by atoms with Crippen molar-refractivity contribution < 1.29 is 9.47 Å². The Hall–Kier alpha value is -1.87. The fourth-order valence-electron chi connectivity index (χ4n) is 1.61. The van der Waals surface area contributed by atoms with Crippen molar-refractivity contribution in [2.45, 2.75) is 6.92 Å². The molecular formula is C15H17NO2. The standard InChI is InChI=1S/C15H17NO2/c1-2-17-11-12-18-15-10-6-9-14(16-15)13-7-4-3-5-8-13/h3-10H,2,11-12H2,1H3. The normalized spacial score (nSPS) is 10.3. The quantitative estimate of drug-likeness (QED) is 0.730. The van der Waals surface area contributed by atoms with E-state index in [1.807, 2.05) is 55.5 Å². The minimum absolute atomic E-state index is 0.527. The topological polar surface area (TPSA) is 31.4 Å². The molecule has 2 rings (SSSR count). The number of hydrogen-bond donors (Lipinski definition) is 0. The molecule has 0 aliphatic rings. The maximum Gasteiger partial charge on any atom is 0.213 e. The van der Waals surface area contributed by atoms with Gasteiger partial charge in [-0.1, -0.05) is 36.4 Å². The predicted molar refractivity (Wildman–Crippen MR) is 71.7 cm³/mol. The Morgan fingerprint density at radius 1 is 0.944 bits per heavy atom. The molecule has 0 N–H and O–H groups in total. The highest BCUT2D eigenvalue weighted by atomic mass is 16.5. The van der Waals surface area contributed by atoms with Gasteiger partial charge in [0.2, 0.25) is 5.88 Å². The number of aromatic nitrogens is 1. The lowest BCUT2D eigenvalue weighted by atomic mass is 10.1. The van der Waals surface area contributed by atoms with Gasteiger partial charge in [-0.3, -0.25) is 0 Å². The van der Waals surface area contributed by atoms with Crippen LogP contribution in [0.5, 0.6) is 5.88 Å². The molecule has 0 bridgehead atoms. The van der Waals surface area contributed by atoms with Gasteiger partial charge in [0, 0.05) is 18.2 Å². The number of rotatable bonds is 6. The molecule has 1 aromatic heterocycles. The second kappa shape index (κ2) is 6.77. The zero-order chi connectivity index (χ0) is 12.6. The average Bonchev–Trinajstić information content (AvgIpc) is 2.45. The zero-order valence-corrected chi connectivity index (χ0v) is 10.5. The smallest absolute Gasteiger partial charge is 0.213 e. The fraction of sp³-hybridized carbons (Fsp3) is 0.267. The summed E-state index contributed by atoms with van der Waals surface area (Å²) < 4.78 is 10.8. The third kappa shape index (κ3) is 3.57. The van der Waals surface area contributed by atoms with Gasteiger partial charge < -0.3 is 9.47 Å². The highest BCUT2D eigenvalue weighted by molar-refractivity contribution is 5.59. The third-order valence-electron chi connectivity index (χ3n) is 2.47. The average molecular weight is 243 g/mol. The van der Waals surface area contributed by atoms with E-state index >= 15 is 0 Å². The third-order valence-corrected chi connectivity index (χ3v) is 2.47.